The van der Waals surface area contributed by atoms with Crippen LogP contribution in [0, 0.1) is 5.41 Å². The maximum atomic E-state index is 6.30. The molecule has 0 radical (unpaired) electrons. The second-order valence-electron chi connectivity index (χ2n) is 6.45. The van der Waals surface area contributed by atoms with Crippen LogP contribution in [0.25, 0.3) is 0 Å². The molecule has 0 bridgehead atoms. The molecular weight excluding hydrogens is 312 g/mol. The van der Waals surface area contributed by atoms with E-state index in [0.29, 0.717) is 5.41 Å². The number of likely N-dealkylation sites (tertiary alicyclic amines) is 1. The fourth-order valence-corrected chi connectivity index (χ4v) is 3.13. The average Bonchev–Trinajstić information content (AvgIpc) is 2.47. The summed E-state index contributed by atoms with van der Waals surface area (Å²) in [5.74, 6) is 0. The largest absolute Gasteiger partial charge is 0.324 e. The molecule has 0 amide bonds. The van der Waals surface area contributed by atoms with Crippen molar-refractivity contribution in [2.75, 3.05) is 19.6 Å². The van der Waals surface area contributed by atoms with Gasteiger partial charge in [0.15, 0.2) is 0 Å². The SMILES string of the molecule is CCC1(C)CCN(CCC(N)c2ccc(Br)cc2)CC1. The average molecular weight is 339 g/mol. The molecule has 1 unspecified atom stereocenters. The van der Waals surface area contributed by atoms with Gasteiger partial charge in [-0.05, 0) is 62.0 Å². The van der Waals surface area contributed by atoms with E-state index in [9.17, 15) is 0 Å². The van der Waals surface area contributed by atoms with E-state index in [-0.39, 0.29) is 6.04 Å². The summed E-state index contributed by atoms with van der Waals surface area (Å²) in [4.78, 5) is 2.58. The van der Waals surface area contributed by atoms with Crippen LogP contribution < -0.4 is 5.73 Å². The van der Waals surface area contributed by atoms with E-state index in [1.807, 2.05) is 0 Å². The molecule has 20 heavy (non-hydrogen) atoms. The number of nitrogens with two attached hydrogens (primary N) is 1. The highest BCUT2D eigenvalue weighted by Crippen LogP contribution is 2.34. The Bertz CT molecular complexity index is 408. The van der Waals surface area contributed by atoms with Crippen LogP contribution >= 0.6 is 15.9 Å². The maximum Gasteiger partial charge on any atom is 0.0307 e. The van der Waals surface area contributed by atoms with Gasteiger partial charge in [0, 0.05) is 10.5 Å². The summed E-state index contributed by atoms with van der Waals surface area (Å²) in [6.07, 6.45) is 5.01. The highest BCUT2D eigenvalue weighted by molar-refractivity contribution is 9.10. The third kappa shape index (κ3) is 4.31. The summed E-state index contributed by atoms with van der Waals surface area (Å²) in [6, 6.07) is 8.55. The van der Waals surface area contributed by atoms with Gasteiger partial charge in [-0.25, -0.2) is 0 Å². The number of halogens is 1. The summed E-state index contributed by atoms with van der Waals surface area (Å²) in [5.41, 5.74) is 8.11. The molecule has 1 aromatic rings. The van der Waals surface area contributed by atoms with Gasteiger partial charge >= 0.3 is 0 Å². The molecule has 3 heteroatoms. The first kappa shape index (κ1) is 16.0. The van der Waals surface area contributed by atoms with Crippen LogP contribution in [-0.4, -0.2) is 24.5 Å². The van der Waals surface area contributed by atoms with Crippen molar-refractivity contribution in [2.45, 2.75) is 45.6 Å². The van der Waals surface area contributed by atoms with E-state index < -0.39 is 0 Å². The number of rotatable bonds is 5. The maximum absolute atomic E-state index is 6.30. The zero-order valence-electron chi connectivity index (χ0n) is 12.7. The molecule has 1 fully saturated rings. The second kappa shape index (κ2) is 7.06. The molecule has 0 spiro atoms. The molecular formula is C17H27BrN2. The normalized spacial score (nSPS) is 20.8. The highest BCUT2D eigenvalue weighted by Gasteiger charge is 2.28. The number of nitrogens with zero attached hydrogens (tertiary/aromatic N) is 1. The van der Waals surface area contributed by atoms with Gasteiger partial charge < -0.3 is 10.6 Å². The number of benzene rings is 1. The van der Waals surface area contributed by atoms with Crippen LogP contribution in [0.5, 0.6) is 0 Å². The predicted octanol–water partition coefficient (Wildman–Crippen LogP) is 4.35. The molecule has 1 atom stereocenters. The zero-order chi connectivity index (χ0) is 14.6. The Morgan fingerprint density at radius 2 is 1.85 bits per heavy atom. The minimum Gasteiger partial charge on any atom is -0.324 e. The standard InChI is InChI=1S/C17H27BrN2/c1-3-17(2)9-12-20(13-10-17)11-8-16(19)14-4-6-15(18)7-5-14/h4-7,16H,3,8-13,19H2,1-2H3. The molecule has 0 aliphatic carbocycles. The van der Waals surface area contributed by atoms with Crippen molar-refractivity contribution in [2.24, 2.45) is 11.1 Å². The third-order valence-corrected chi connectivity index (χ3v) is 5.50. The molecule has 1 heterocycles. The molecule has 1 saturated heterocycles. The van der Waals surface area contributed by atoms with Crippen molar-refractivity contribution in [1.29, 1.82) is 0 Å². The van der Waals surface area contributed by atoms with E-state index in [1.54, 1.807) is 0 Å². The Morgan fingerprint density at radius 3 is 2.40 bits per heavy atom. The van der Waals surface area contributed by atoms with Gasteiger partial charge in [0.25, 0.3) is 0 Å². The zero-order valence-corrected chi connectivity index (χ0v) is 14.3. The van der Waals surface area contributed by atoms with E-state index >= 15 is 0 Å². The Hall–Kier alpha value is -0.380. The van der Waals surface area contributed by atoms with E-state index in [2.05, 4.69) is 58.9 Å². The van der Waals surface area contributed by atoms with E-state index in [0.717, 1.165) is 17.4 Å². The van der Waals surface area contributed by atoms with Gasteiger partial charge in [-0.15, -0.1) is 0 Å². The molecule has 1 aromatic carbocycles. The lowest BCUT2D eigenvalue weighted by atomic mass is 9.78. The van der Waals surface area contributed by atoms with Crippen molar-refractivity contribution in [1.82, 2.24) is 4.90 Å². The molecule has 1 aliphatic rings. The van der Waals surface area contributed by atoms with Crippen LogP contribution in [0.15, 0.2) is 28.7 Å². The topological polar surface area (TPSA) is 29.3 Å². The Morgan fingerprint density at radius 1 is 1.25 bits per heavy atom. The molecule has 0 aromatic heterocycles. The van der Waals surface area contributed by atoms with Gasteiger partial charge in [-0.3, -0.25) is 0 Å². The van der Waals surface area contributed by atoms with Gasteiger partial charge in [0.05, 0.1) is 0 Å². The number of hydrogen-bond donors (Lipinski definition) is 1. The smallest absolute Gasteiger partial charge is 0.0307 e. The second-order valence-corrected chi connectivity index (χ2v) is 7.37. The monoisotopic (exact) mass is 338 g/mol. The summed E-state index contributed by atoms with van der Waals surface area (Å²) in [5, 5.41) is 0. The quantitative estimate of drug-likeness (QED) is 0.864. The minimum absolute atomic E-state index is 0.155. The number of piperidine rings is 1. The third-order valence-electron chi connectivity index (χ3n) is 4.97. The first-order chi connectivity index (χ1) is 9.52. The summed E-state index contributed by atoms with van der Waals surface area (Å²) >= 11 is 3.46. The van der Waals surface area contributed by atoms with Crippen LogP contribution in [0.3, 0.4) is 0 Å². The fraction of sp³-hybridized carbons (Fsp3) is 0.647. The fourth-order valence-electron chi connectivity index (χ4n) is 2.87. The molecule has 0 saturated carbocycles. The van der Waals surface area contributed by atoms with Crippen LogP contribution in [0.2, 0.25) is 0 Å². The van der Waals surface area contributed by atoms with Crippen molar-refractivity contribution >= 4 is 15.9 Å². The lowest BCUT2D eigenvalue weighted by Crippen LogP contribution is -2.39. The molecule has 112 valence electrons. The van der Waals surface area contributed by atoms with Crippen LogP contribution in [-0.2, 0) is 0 Å². The van der Waals surface area contributed by atoms with Crippen molar-refractivity contribution in [3.63, 3.8) is 0 Å². The van der Waals surface area contributed by atoms with E-state index in [1.165, 1.54) is 37.9 Å². The Labute approximate surface area is 131 Å². The molecule has 2 rings (SSSR count). The van der Waals surface area contributed by atoms with Gasteiger partial charge in [-0.1, -0.05) is 48.3 Å². The van der Waals surface area contributed by atoms with Crippen molar-refractivity contribution in [3.05, 3.63) is 34.3 Å². The van der Waals surface area contributed by atoms with E-state index in [4.69, 9.17) is 5.73 Å². The van der Waals surface area contributed by atoms with Gasteiger partial charge in [0.2, 0.25) is 0 Å². The van der Waals surface area contributed by atoms with Gasteiger partial charge in [0.1, 0.15) is 0 Å². The van der Waals surface area contributed by atoms with Gasteiger partial charge in [-0.2, -0.15) is 0 Å². The molecule has 1 aliphatic heterocycles. The molecule has 2 N–H and O–H groups in total. The molecule has 2 nitrogen and oxygen atoms in total. The first-order valence-electron chi connectivity index (χ1n) is 7.76. The lowest BCUT2D eigenvalue weighted by Gasteiger charge is -2.39. The minimum atomic E-state index is 0.155. The first-order valence-corrected chi connectivity index (χ1v) is 8.55. The summed E-state index contributed by atoms with van der Waals surface area (Å²) in [6.45, 7) is 8.34. The van der Waals surface area contributed by atoms with Crippen LogP contribution in [0.4, 0.5) is 0 Å². The van der Waals surface area contributed by atoms with Crippen molar-refractivity contribution < 1.29 is 0 Å². The number of hydrogen-bond acceptors (Lipinski definition) is 2. The Kier molecular flexibility index (Phi) is 5.65. The lowest BCUT2D eigenvalue weighted by molar-refractivity contribution is 0.112. The predicted molar refractivity (Wildman–Crippen MR) is 89.8 cm³/mol. The van der Waals surface area contributed by atoms with Crippen LogP contribution in [0.1, 0.15) is 51.1 Å². The Balaban J connectivity index is 1.77. The summed E-state index contributed by atoms with van der Waals surface area (Å²) in [7, 11) is 0. The van der Waals surface area contributed by atoms with Crippen molar-refractivity contribution in [3.8, 4) is 0 Å². The summed E-state index contributed by atoms with van der Waals surface area (Å²) < 4.78 is 1.11. The highest BCUT2D eigenvalue weighted by atomic mass is 79.9.